The van der Waals surface area contributed by atoms with Crippen LogP contribution in [0.4, 0.5) is 0 Å². The third-order valence-corrected chi connectivity index (χ3v) is 4.11. The summed E-state index contributed by atoms with van der Waals surface area (Å²) in [5.41, 5.74) is 0. The van der Waals surface area contributed by atoms with E-state index < -0.39 is 0 Å². The van der Waals surface area contributed by atoms with Crippen LogP contribution in [0.15, 0.2) is 12.1 Å². The van der Waals surface area contributed by atoms with Crippen molar-refractivity contribution in [3.63, 3.8) is 0 Å². The minimum absolute atomic E-state index is 0.520. The molecule has 1 unspecified atom stereocenters. The van der Waals surface area contributed by atoms with Crippen LogP contribution < -0.4 is 0 Å². The second-order valence-corrected chi connectivity index (χ2v) is 5.65. The monoisotopic (exact) mass is 230 g/mol. The van der Waals surface area contributed by atoms with Crippen molar-refractivity contribution >= 4 is 22.9 Å². The number of nitrogens with zero attached hydrogens (tertiary/aromatic N) is 2. The fourth-order valence-corrected chi connectivity index (χ4v) is 3.04. The first-order chi connectivity index (χ1) is 6.66. The van der Waals surface area contributed by atoms with E-state index in [1.807, 2.05) is 6.07 Å². The summed E-state index contributed by atoms with van der Waals surface area (Å²) in [7, 11) is 4.36. The molecule has 1 aromatic heterocycles. The minimum atomic E-state index is 0.520. The van der Waals surface area contributed by atoms with Gasteiger partial charge in [-0.05, 0) is 26.2 Å². The lowest BCUT2D eigenvalue weighted by Crippen LogP contribution is -2.44. The van der Waals surface area contributed by atoms with E-state index in [2.05, 4.69) is 30.0 Å². The summed E-state index contributed by atoms with van der Waals surface area (Å²) in [6.45, 7) is 3.40. The van der Waals surface area contributed by atoms with Gasteiger partial charge in [-0.3, -0.25) is 4.90 Å². The maximum Gasteiger partial charge on any atom is 0.0931 e. The van der Waals surface area contributed by atoms with Crippen molar-refractivity contribution in [1.82, 2.24) is 9.80 Å². The lowest BCUT2D eigenvalue weighted by Gasteiger charge is -2.37. The Morgan fingerprint density at radius 3 is 2.79 bits per heavy atom. The van der Waals surface area contributed by atoms with Crippen LogP contribution in [0.1, 0.15) is 10.9 Å². The molecule has 0 radical (unpaired) electrons. The van der Waals surface area contributed by atoms with Crippen molar-refractivity contribution in [2.24, 2.45) is 0 Å². The summed E-state index contributed by atoms with van der Waals surface area (Å²) < 4.78 is 0.890. The molecule has 1 fully saturated rings. The number of rotatable bonds is 1. The summed E-state index contributed by atoms with van der Waals surface area (Å²) in [5.74, 6) is 0. The van der Waals surface area contributed by atoms with E-state index in [0.717, 1.165) is 24.0 Å². The SMILES string of the molecule is CN1CCN(C)C(c2ccc(Cl)s2)C1. The summed E-state index contributed by atoms with van der Waals surface area (Å²) in [6.07, 6.45) is 0. The van der Waals surface area contributed by atoms with Crippen LogP contribution in [0, 0.1) is 0 Å². The maximum atomic E-state index is 5.95. The first kappa shape index (κ1) is 10.4. The standard InChI is InChI=1S/C10H15ClN2S/c1-12-5-6-13(2)8(7-12)9-3-4-10(11)14-9/h3-4,8H,5-7H2,1-2H3. The first-order valence-corrected chi connectivity index (χ1v) is 6.00. The normalized spacial score (nSPS) is 25.5. The molecular weight excluding hydrogens is 216 g/mol. The Hall–Kier alpha value is -0.0900. The molecule has 14 heavy (non-hydrogen) atoms. The molecule has 0 bridgehead atoms. The van der Waals surface area contributed by atoms with Gasteiger partial charge < -0.3 is 4.90 Å². The molecule has 4 heteroatoms. The largest absolute Gasteiger partial charge is 0.303 e. The molecule has 1 aliphatic heterocycles. The molecule has 1 atom stereocenters. The van der Waals surface area contributed by atoms with Crippen molar-refractivity contribution < 1.29 is 0 Å². The van der Waals surface area contributed by atoms with Crippen LogP contribution in [-0.2, 0) is 0 Å². The highest BCUT2D eigenvalue weighted by Crippen LogP contribution is 2.31. The van der Waals surface area contributed by atoms with Crippen LogP contribution in [0.2, 0.25) is 4.34 Å². The van der Waals surface area contributed by atoms with E-state index in [1.54, 1.807) is 11.3 Å². The zero-order chi connectivity index (χ0) is 10.1. The predicted molar refractivity (Wildman–Crippen MR) is 62.2 cm³/mol. The molecule has 0 aromatic carbocycles. The Labute approximate surface area is 94.1 Å². The quantitative estimate of drug-likeness (QED) is 0.731. The summed E-state index contributed by atoms with van der Waals surface area (Å²) in [4.78, 5) is 6.16. The first-order valence-electron chi connectivity index (χ1n) is 4.81. The Kier molecular flexibility index (Phi) is 3.12. The highest BCUT2D eigenvalue weighted by atomic mass is 35.5. The third kappa shape index (κ3) is 2.11. The Morgan fingerprint density at radius 2 is 2.14 bits per heavy atom. The van der Waals surface area contributed by atoms with E-state index in [1.165, 1.54) is 4.88 Å². The van der Waals surface area contributed by atoms with Crippen LogP contribution >= 0.6 is 22.9 Å². The van der Waals surface area contributed by atoms with Crippen LogP contribution in [0.3, 0.4) is 0 Å². The van der Waals surface area contributed by atoms with Crippen molar-refractivity contribution in [1.29, 1.82) is 0 Å². The van der Waals surface area contributed by atoms with Crippen LogP contribution in [-0.4, -0.2) is 43.5 Å². The molecule has 78 valence electrons. The van der Waals surface area contributed by atoms with Crippen molar-refractivity contribution in [2.75, 3.05) is 33.7 Å². The van der Waals surface area contributed by atoms with Crippen LogP contribution in [0.25, 0.3) is 0 Å². The molecule has 0 N–H and O–H groups in total. The average Bonchev–Trinajstić information content (AvgIpc) is 2.56. The van der Waals surface area contributed by atoms with Crippen molar-refractivity contribution in [2.45, 2.75) is 6.04 Å². The fraction of sp³-hybridized carbons (Fsp3) is 0.600. The summed E-state index contributed by atoms with van der Waals surface area (Å²) >= 11 is 7.65. The van der Waals surface area contributed by atoms with Gasteiger partial charge in [0, 0.05) is 24.5 Å². The molecule has 0 spiro atoms. The van der Waals surface area contributed by atoms with Gasteiger partial charge in [-0.15, -0.1) is 11.3 Å². The Morgan fingerprint density at radius 1 is 1.36 bits per heavy atom. The molecule has 0 saturated carbocycles. The lowest BCUT2D eigenvalue weighted by atomic mass is 10.1. The van der Waals surface area contributed by atoms with Gasteiger partial charge in [-0.2, -0.15) is 0 Å². The average molecular weight is 231 g/mol. The molecule has 0 aliphatic carbocycles. The Bertz CT molecular complexity index is 313. The number of hydrogen-bond acceptors (Lipinski definition) is 3. The molecule has 1 saturated heterocycles. The molecule has 2 heterocycles. The predicted octanol–water partition coefficient (Wildman–Crippen LogP) is 2.32. The molecule has 1 aliphatic rings. The van der Waals surface area contributed by atoms with Crippen molar-refractivity contribution in [3.05, 3.63) is 21.3 Å². The molecule has 2 rings (SSSR count). The van der Waals surface area contributed by atoms with Crippen molar-refractivity contribution in [3.8, 4) is 0 Å². The number of thiophene rings is 1. The highest BCUT2D eigenvalue weighted by molar-refractivity contribution is 7.16. The smallest absolute Gasteiger partial charge is 0.0931 e. The minimum Gasteiger partial charge on any atom is -0.303 e. The van der Waals surface area contributed by atoms with Crippen LogP contribution in [0.5, 0.6) is 0 Å². The number of hydrogen-bond donors (Lipinski definition) is 0. The van der Waals surface area contributed by atoms with Gasteiger partial charge in [0.15, 0.2) is 0 Å². The topological polar surface area (TPSA) is 6.48 Å². The van der Waals surface area contributed by atoms with Gasteiger partial charge >= 0.3 is 0 Å². The van der Waals surface area contributed by atoms with E-state index in [-0.39, 0.29) is 0 Å². The molecule has 2 nitrogen and oxygen atoms in total. The third-order valence-electron chi connectivity index (χ3n) is 2.77. The van der Waals surface area contributed by atoms with E-state index in [9.17, 15) is 0 Å². The van der Waals surface area contributed by atoms with Gasteiger partial charge in [0.05, 0.1) is 10.4 Å². The lowest BCUT2D eigenvalue weighted by molar-refractivity contribution is 0.117. The van der Waals surface area contributed by atoms with E-state index >= 15 is 0 Å². The molecule has 1 aromatic rings. The molecule has 0 amide bonds. The van der Waals surface area contributed by atoms with E-state index in [0.29, 0.717) is 6.04 Å². The van der Waals surface area contributed by atoms with Gasteiger partial charge in [0.1, 0.15) is 0 Å². The number of likely N-dealkylation sites (N-methyl/N-ethyl adjacent to an activating group) is 2. The maximum absolute atomic E-state index is 5.95. The second kappa shape index (κ2) is 4.19. The fourth-order valence-electron chi connectivity index (χ4n) is 1.82. The zero-order valence-corrected chi connectivity index (χ0v) is 10.1. The van der Waals surface area contributed by atoms with Gasteiger partial charge in [0.2, 0.25) is 0 Å². The van der Waals surface area contributed by atoms with Gasteiger partial charge in [0.25, 0.3) is 0 Å². The molecular formula is C10H15ClN2S. The second-order valence-electron chi connectivity index (χ2n) is 3.90. The van der Waals surface area contributed by atoms with E-state index in [4.69, 9.17) is 11.6 Å². The summed E-state index contributed by atoms with van der Waals surface area (Å²) in [5, 5.41) is 0. The Balaban J connectivity index is 2.15. The highest BCUT2D eigenvalue weighted by Gasteiger charge is 2.24. The number of halogens is 1. The zero-order valence-electron chi connectivity index (χ0n) is 8.53. The van der Waals surface area contributed by atoms with Gasteiger partial charge in [-0.25, -0.2) is 0 Å². The van der Waals surface area contributed by atoms with Gasteiger partial charge in [-0.1, -0.05) is 11.6 Å². The summed E-state index contributed by atoms with van der Waals surface area (Å²) in [6, 6.07) is 4.66. The number of piperazine rings is 1.